The van der Waals surface area contributed by atoms with Crippen LogP contribution in [0.3, 0.4) is 0 Å². The van der Waals surface area contributed by atoms with E-state index < -0.39 is 0 Å². The van der Waals surface area contributed by atoms with Gasteiger partial charge in [-0.1, -0.05) is 133 Å². The summed E-state index contributed by atoms with van der Waals surface area (Å²) in [5.41, 5.74) is 11.7. The van der Waals surface area contributed by atoms with E-state index in [9.17, 15) is 10.2 Å². The lowest BCUT2D eigenvalue weighted by Gasteiger charge is -2.15. The van der Waals surface area contributed by atoms with Crippen LogP contribution < -0.4 is 0 Å². The molecule has 0 bridgehead atoms. The summed E-state index contributed by atoms with van der Waals surface area (Å²) in [6, 6.07) is 44.6. The summed E-state index contributed by atoms with van der Waals surface area (Å²) in [5.74, 6) is 0.587. The Morgan fingerprint density at radius 2 is 0.933 bits per heavy atom. The third-order valence-electron chi connectivity index (χ3n) is 8.10. The van der Waals surface area contributed by atoms with E-state index >= 15 is 0 Å². The molecule has 6 rings (SSSR count). The van der Waals surface area contributed by atoms with Crippen molar-refractivity contribution >= 4 is 6.08 Å². The van der Waals surface area contributed by atoms with Crippen LogP contribution in [-0.4, -0.2) is 10.2 Å². The van der Waals surface area contributed by atoms with Gasteiger partial charge >= 0.3 is 0 Å². The summed E-state index contributed by atoms with van der Waals surface area (Å²) in [7, 11) is 0. The third-order valence-corrected chi connectivity index (χ3v) is 8.10. The molecule has 0 spiro atoms. The van der Waals surface area contributed by atoms with Crippen LogP contribution in [0.4, 0.5) is 0 Å². The number of aryl methyl sites for hydroxylation is 2. The molecule has 0 aliphatic rings. The van der Waals surface area contributed by atoms with Gasteiger partial charge in [0.15, 0.2) is 0 Å². The zero-order chi connectivity index (χ0) is 31.2. The molecule has 2 heteroatoms. The number of phenols is 2. The highest BCUT2D eigenvalue weighted by atomic mass is 16.3. The van der Waals surface area contributed by atoms with Gasteiger partial charge in [-0.25, -0.2) is 0 Å². The Labute approximate surface area is 265 Å². The van der Waals surface area contributed by atoms with E-state index in [1.165, 1.54) is 0 Å². The maximum Gasteiger partial charge on any atom is 0.131 e. The molecule has 2 N–H and O–H groups in total. The van der Waals surface area contributed by atoms with E-state index in [1.54, 1.807) is 0 Å². The molecule has 0 heterocycles. The normalized spacial score (nSPS) is 11.4. The van der Waals surface area contributed by atoms with Crippen LogP contribution in [0.15, 0.2) is 152 Å². The fourth-order valence-corrected chi connectivity index (χ4v) is 5.93. The molecule has 0 atom stereocenters. The lowest BCUT2D eigenvalue weighted by molar-refractivity contribution is 0.478. The first kappa shape index (κ1) is 29.5. The molecule has 220 valence electrons. The van der Waals surface area contributed by atoms with Crippen LogP contribution in [0.5, 0.6) is 11.5 Å². The Bertz CT molecular complexity index is 2000. The Morgan fingerprint density at radius 3 is 1.53 bits per heavy atom. The maximum absolute atomic E-state index is 11.4. The highest BCUT2D eigenvalue weighted by molar-refractivity contribution is 5.87. The molecular weight excluding hydrogens is 548 g/mol. The Kier molecular flexibility index (Phi) is 8.75. The molecule has 0 radical (unpaired) electrons. The van der Waals surface area contributed by atoms with Crippen LogP contribution >= 0.6 is 0 Å². The quantitative estimate of drug-likeness (QED) is 0.175. The van der Waals surface area contributed by atoms with Crippen LogP contribution in [0.2, 0.25) is 0 Å². The first-order valence-electron chi connectivity index (χ1n) is 15.3. The minimum Gasteiger partial charge on any atom is -0.507 e. The molecule has 0 saturated carbocycles. The van der Waals surface area contributed by atoms with E-state index in [2.05, 4.69) is 62.4 Å². The van der Waals surface area contributed by atoms with Crippen molar-refractivity contribution in [3.05, 3.63) is 174 Å². The summed E-state index contributed by atoms with van der Waals surface area (Å²) in [6.07, 6.45) is 9.05. The van der Waals surface area contributed by atoms with Crippen molar-refractivity contribution in [3.63, 3.8) is 0 Å². The summed E-state index contributed by atoms with van der Waals surface area (Å²) in [5, 5.41) is 22.7. The minimum atomic E-state index is 0.287. The summed E-state index contributed by atoms with van der Waals surface area (Å²) >= 11 is 0. The molecular formula is C43H36O2. The number of hydrogen-bond acceptors (Lipinski definition) is 2. The fraction of sp³-hybridized carbons (Fsp3) is 0.0698. The zero-order valence-corrected chi connectivity index (χ0v) is 25.6. The van der Waals surface area contributed by atoms with E-state index in [0.29, 0.717) is 5.75 Å². The van der Waals surface area contributed by atoms with E-state index in [-0.39, 0.29) is 5.75 Å². The molecule has 45 heavy (non-hydrogen) atoms. The van der Waals surface area contributed by atoms with Crippen molar-refractivity contribution in [1.29, 1.82) is 0 Å². The van der Waals surface area contributed by atoms with Gasteiger partial charge in [0.1, 0.15) is 11.5 Å². The second-order valence-corrected chi connectivity index (χ2v) is 11.4. The molecule has 0 fully saturated rings. The van der Waals surface area contributed by atoms with E-state index in [1.807, 2.05) is 109 Å². The van der Waals surface area contributed by atoms with E-state index in [0.717, 1.165) is 73.2 Å². The molecule has 0 aromatic heterocycles. The summed E-state index contributed by atoms with van der Waals surface area (Å²) in [4.78, 5) is 0. The van der Waals surface area contributed by atoms with Crippen LogP contribution in [0.1, 0.15) is 22.3 Å². The highest BCUT2D eigenvalue weighted by Gasteiger charge is 2.15. The van der Waals surface area contributed by atoms with Gasteiger partial charge in [0.05, 0.1) is 0 Å². The fourth-order valence-electron chi connectivity index (χ4n) is 5.93. The predicted molar refractivity (Wildman–Crippen MR) is 189 cm³/mol. The van der Waals surface area contributed by atoms with Crippen molar-refractivity contribution in [2.24, 2.45) is 0 Å². The van der Waals surface area contributed by atoms with Gasteiger partial charge in [0.25, 0.3) is 0 Å². The average Bonchev–Trinajstić information content (AvgIpc) is 3.07. The lowest BCUT2D eigenvalue weighted by atomic mass is 9.91. The van der Waals surface area contributed by atoms with Crippen molar-refractivity contribution in [3.8, 4) is 56.0 Å². The van der Waals surface area contributed by atoms with Gasteiger partial charge in [0, 0.05) is 22.3 Å². The topological polar surface area (TPSA) is 40.5 Å². The predicted octanol–water partition coefficient (Wildman–Crippen LogP) is 11.2. The molecule has 6 aromatic carbocycles. The second kappa shape index (κ2) is 13.4. The monoisotopic (exact) mass is 584 g/mol. The van der Waals surface area contributed by atoms with Gasteiger partial charge < -0.3 is 10.2 Å². The zero-order valence-electron chi connectivity index (χ0n) is 25.6. The number of rotatable bonds is 8. The summed E-state index contributed by atoms with van der Waals surface area (Å²) < 4.78 is 0. The first-order valence-corrected chi connectivity index (χ1v) is 15.3. The number of aromatic hydroxyl groups is 2. The summed E-state index contributed by atoms with van der Waals surface area (Å²) in [6.45, 7) is 4.13. The van der Waals surface area contributed by atoms with Gasteiger partial charge in [0.2, 0.25) is 0 Å². The number of benzene rings is 6. The number of allylic oxidation sites excluding steroid dienone is 3. The average molecular weight is 585 g/mol. The van der Waals surface area contributed by atoms with Crippen molar-refractivity contribution in [2.45, 2.75) is 20.3 Å². The molecule has 0 aliphatic heterocycles. The number of hydrogen-bond donors (Lipinski definition) is 2. The van der Waals surface area contributed by atoms with Crippen LogP contribution in [-0.2, 0) is 6.42 Å². The van der Waals surface area contributed by atoms with Crippen LogP contribution in [0.25, 0.3) is 50.6 Å². The molecule has 0 saturated heterocycles. The van der Waals surface area contributed by atoms with Crippen molar-refractivity contribution in [1.82, 2.24) is 0 Å². The molecule has 0 amide bonds. The van der Waals surface area contributed by atoms with Gasteiger partial charge in [-0.3, -0.25) is 0 Å². The third kappa shape index (κ3) is 6.51. The smallest absolute Gasteiger partial charge is 0.131 e. The molecule has 2 nitrogen and oxygen atoms in total. The van der Waals surface area contributed by atoms with Gasteiger partial charge in [-0.2, -0.15) is 0 Å². The minimum absolute atomic E-state index is 0.287. The Morgan fingerprint density at radius 1 is 0.467 bits per heavy atom. The maximum atomic E-state index is 11.4. The van der Waals surface area contributed by atoms with Crippen molar-refractivity contribution in [2.75, 3.05) is 0 Å². The Balaban J connectivity index is 1.26. The second-order valence-electron chi connectivity index (χ2n) is 11.4. The largest absolute Gasteiger partial charge is 0.507 e. The van der Waals surface area contributed by atoms with Gasteiger partial charge in [-0.15, -0.1) is 0 Å². The number of phenolic OH excluding ortho intramolecular Hbond substituents is 2. The van der Waals surface area contributed by atoms with Crippen molar-refractivity contribution < 1.29 is 10.2 Å². The standard InChI is InChI=1S/C43H36O2/c1-30-26-38(34-18-8-4-9-19-34)42(44)40(28-30)36-24-14-12-22-32(36)16-6-3-7-17-33-23-13-15-25-37(33)41-29-31(2)27-39(43(41)45)35-20-10-5-11-21-35/h3-16,18-29,44-45H,17H2,1-2H3/b7-3-,16-6+. The van der Waals surface area contributed by atoms with Gasteiger partial charge in [-0.05, 0) is 89.0 Å². The molecule has 0 unspecified atom stereocenters. The highest BCUT2D eigenvalue weighted by Crippen LogP contribution is 2.42. The molecule has 6 aromatic rings. The Hall–Kier alpha value is -5.60. The lowest BCUT2D eigenvalue weighted by Crippen LogP contribution is -1.91. The van der Waals surface area contributed by atoms with E-state index in [4.69, 9.17) is 0 Å². The first-order chi connectivity index (χ1) is 22.0. The van der Waals surface area contributed by atoms with Crippen LogP contribution in [0, 0.1) is 13.8 Å². The molecule has 0 aliphatic carbocycles. The SMILES string of the molecule is Cc1cc(-c2ccccc2)c(O)c(-c2ccccc2/C=C/C=C\Cc2ccccc2-c2cc(C)cc(-c3ccccc3)c2O)c1.